The molecule has 112 valence electrons. The Hall–Kier alpha value is -1.58. The van der Waals surface area contributed by atoms with Gasteiger partial charge in [-0.15, -0.1) is 0 Å². The van der Waals surface area contributed by atoms with Crippen molar-refractivity contribution in [1.29, 1.82) is 0 Å². The second kappa shape index (κ2) is 7.27. The molecule has 9 heteroatoms. The molecule has 1 rings (SSSR count). The number of aliphatic hydroxyl groups is 1. The number of sulfonamides is 1. The van der Waals surface area contributed by atoms with Gasteiger partial charge in [0.2, 0.25) is 10.0 Å². The second-order valence-corrected chi connectivity index (χ2v) is 5.79. The molecular weight excluding hydrogens is 291 g/mol. The summed E-state index contributed by atoms with van der Waals surface area (Å²) in [6.45, 7) is 0.141. The van der Waals surface area contributed by atoms with E-state index in [1.54, 1.807) is 0 Å². The summed E-state index contributed by atoms with van der Waals surface area (Å²) in [6, 6.07) is 2.37. The molecule has 0 aliphatic rings. The molecule has 0 radical (unpaired) electrons. The van der Waals surface area contributed by atoms with Crippen molar-refractivity contribution in [2.75, 3.05) is 13.2 Å². The van der Waals surface area contributed by atoms with Crippen LogP contribution in [0.3, 0.4) is 0 Å². The highest BCUT2D eigenvalue weighted by molar-refractivity contribution is 7.89. The highest BCUT2D eigenvalue weighted by Crippen LogP contribution is 2.20. The Morgan fingerprint density at radius 3 is 2.55 bits per heavy atom. The third kappa shape index (κ3) is 4.51. The molecule has 0 saturated heterocycles. The molecule has 0 spiro atoms. The smallest absolute Gasteiger partial charge is 0.272 e. The van der Waals surface area contributed by atoms with Crippen LogP contribution in [0.5, 0.6) is 0 Å². The summed E-state index contributed by atoms with van der Waals surface area (Å²) in [4.78, 5) is 9.02. The van der Waals surface area contributed by atoms with E-state index < -0.39 is 31.3 Å². The number of benzene rings is 1. The van der Waals surface area contributed by atoms with Crippen LogP contribution < -0.4 is 4.72 Å². The third-order valence-corrected chi connectivity index (χ3v) is 4.04. The van der Waals surface area contributed by atoms with Gasteiger partial charge in [0.15, 0.2) is 0 Å². The lowest BCUT2D eigenvalue weighted by atomic mass is 10.2. The van der Waals surface area contributed by atoms with Gasteiger partial charge in [0.25, 0.3) is 5.69 Å². The van der Waals surface area contributed by atoms with E-state index in [1.165, 1.54) is 0 Å². The maximum absolute atomic E-state index is 13.6. The summed E-state index contributed by atoms with van der Waals surface area (Å²) in [6.07, 6.45) is 1.71. The lowest BCUT2D eigenvalue weighted by Crippen LogP contribution is -2.25. The Bertz CT molecular complexity index is 576. The van der Waals surface area contributed by atoms with Gasteiger partial charge in [0, 0.05) is 19.2 Å². The number of unbranched alkanes of at least 4 members (excludes halogenated alkanes) is 2. The number of rotatable bonds is 8. The van der Waals surface area contributed by atoms with Gasteiger partial charge in [-0.3, -0.25) is 10.1 Å². The molecule has 1 aromatic carbocycles. The molecule has 0 atom stereocenters. The quantitative estimate of drug-likeness (QED) is 0.426. The first-order valence-corrected chi connectivity index (χ1v) is 7.41. The van der Waals surface area contributed by atoms with Crippen LogP contribution in [0, 0.1) is 15.9 Å². The Balaban J connectivity index is 2.75. The highest BCUT2D eigenvalue weighted by Gasteiger charge is 2.21. The zero-order valence-electron chi connectivity index (χ0n) is 10.6. The zero-order valence-corrected chi connectivity index (χ0v) is 11.4. The molecule has 0 heterocycles. The third-order valence-electron chi connectivity index (χ3n) is 2.54. The van der Waals surface area contributed by atoms with Crippen LogP contribution in [0.15, 0.2) is 23.1 Å². The first-order chi connectivity index (χ1) is 9.38. The van der Waals surface area contributed by atoms with E-state index >= 15 is 0 Å². The van der Waals surface area contributed by atoms with Crippen molar-refractivity contribution in [3.63, 3.8) is 0 Å². The monoisotopic (exact) mass is 306 g/mol. The average Bonchev–Trinajstić information content (AvgIpc) is 2.37. The number of hydrogen-bond donors (Lipinski definition) is 2. The molecule has 0 fully saturated rings. The van der Waals surface area contributed by atoms with Crippen molar-refractivity contribution >= 4 is 15.7 Å². The van der Waals surface area contributed by atoms with Crippen LogP contribution in [0.1, 0.15) is 19.3 Å². The van der Waals surface area contributed by atoms with Crippen LogP contribution in [0.4, 0.5) is 10.1 Å². The number of nitrogens with zero attached hydrogens (tertiary/aromatic N) is 1. The first-order valence-electron chi connectivity index (χ1n) is 5.93. The van der Waals surface area contributed by atoms with E-state index in [0.717, 1.165) is 12.1 Å². The van der Waals surface area contributed by atoms with Crippen molar-refractivity contribution in [3.05, 3.63) is 34.1 Å². The SMILES string of the molecule is O=[N+]([O-])c1ccc(S(=O)(=O)NCCCCCO)c(F)c1. The number of nitro benzene ring substituents is 1. The van der Waals surface area contributed by atoms with Gasteiger partial charge in [0.1, 0.15) is 10.7 Å². The van der Waals surface area contributed by atoms with Crippen molar-refractivity contribution in [3.8, 4) is 0 Å². The van der Waals surface area contributed by atoms with Crippen molar-refractivity contribution in [2.24, 2.45) is 0 Å². The minimum Gasteiger partial charge on any atom is -0.396 e. The van der Waals surface area contributed by atoms with Gasteiger partial charge in [-0.2, -0.15) is 0 Å². The minimum atomic E-state index is -4.03. The molecule has 1 aromatic rings. The Morgan fingerprint density at radius 2 is 2.00 bits per heavy atom. The molecule has 7 nitrogen and oxygen atoms in total. The summed E-state index contributed by atoms with van der Waals surface area (Å²) in [5.74, 6) is -1.16. The molecule has 2 N–H and O–H groups in total. The fraction of sp³-hybridized carbons (Fsp3) is 0.455. The standard InChI is InChI=1S/C11H15FN2O5S/c12-10-8-9(14(16)17)4-5-11(10)20(18,19)13-6-2-1-3-7-15/h4-5,8,13,15H,1-3,6-7H2. The number of halogens is 1. The zero-order chi connectivity index (χ0) is 15.2. The van der Waals surface area contributed by atoms with E-state index in [2.05, 4.69) is 4.72 Å². The van der Waals surface area contributed by atoms with E-state index in [0.29, 0.717) is 25.3 Å². The normalized spacial score (nSPS) is 11.5. The predicted octanol–water partition coefficient (Wildman–Crippen LogP) is 1.17. The van der Waals surface area contributed by atoms with Crippen molar-refractivity contribution in [2.45, 2.75) is 24.2 Å². The van der Waals surface area contributed by atoms with Gasteiger partial charge in [0.05, 0.1) is 11.0 Å². The highest BCUT2D eigenvalue weighted by atomic mass is 32.2. The number of nitro groups is 1. The Kier molecular flexibility index (Phi) is 5.99. The van der Waals surface area contributed by atoms with Crippen LogP contribution in [-0.4, -0.2) is 31.6 Å². The molecule has 0 saturated carbocycles. The van der Waals surface area contributed by atoms with Gasteiger partial charge in [-0.05, 0) is 25.3 Å². The van der Waals surface area contributed by atoms with Crippen LogP contribution in [0.25, 0.3) is 0 Å². The van der Waals surface area contributed by atoms with Crippen molar-refractivity contribution in [1.82, 2.24) is 4.72 Å². The maximum Gasteiger partial charge on any atom is 0.272 e. The number of aliphatic hydroxyl groups excluding tert-OH is 1. The summed E-state index contributed by atoms with van der Waals surface area (Å²) in [7, 11) is -4.03. The number of nitrogens with one attached hydrogen (secondary N) is 1. The molecule has 0 aliphatic heterocycles. The van der Waals surface area contributed by atoms with Gasteiger partial charge in [-0.25, -0.2) is 17.5 Å². The van der Waals surface area contributed by atoms with Crippen molar-refractivity contribution < 1.29 is 22.8 Å². The Morgan fingerprint density at radius 1 is 1.30 bits per heavy atom. The molecule has 0 bridgehead atoms. The number of hydrogen-bond acceptors (Lipinski definition) is 5. The van der Waals surface area contributed by atoms with Gasteiger partial charge >= 0.3 is 0 Å². The van der Waals surface area contributed by atoms with E-state index in [1.807, 2.05) is 0 Å². The predicted molar refractivity (Wildman–Crippen MR) is 69.2 cm³/mol. The maximum atomic E-state index is 13.6. The van der Waals surface area contributed by atoms with Crippen LogP contribution in [-0.2, 0) is 10.0 Å². The van der Waals surface area contributed by atoms with Crippen LogP contribution >= 0.6 is 0 Å². The molecule has 0 unspecified atom stereocenters. The lowest BCUT2D eigenvalue weighted by Gasteiger charge is -2.07. The van der Waals surface area contributed by atoms with Gasteiger partial charge < -0.3 is 5.11 Å². The topological polar surface area (TPSA) is 110 Å². The van der Waals surface area contributed by atoms with Crippen LogP contribution in [0.2, 0.25) is 0 Å². The summed E-state index contributed by atoms with van der Waals surface area (Å²) < 4.78 is 39.4. The largest absolute Gasteiger partial charge is 0.396 e. The van der Waals surface area contributed by atoms with E-state index in [-0.39, 0.29) is 13.2 Å². The molecule has 0 aromatic heterocycles. The fourth-order valence-corrected chi connectivity index (χ4v) is 2.65. The molecule has 20 heavy (non-hydrogen) atoms. The fourth-order valence-electron chi connectivity index (χ4n) is 1.52. The Labute approximate surface area is 115 Å². The summed E-state index contributed by atoms with van der Waals surface area (Å²) >= 11 is 0. The lowest BCUT2D eigenvalue weighted by molar-refractivity contribution is -0.385. The molecule has 0 amide bonds. The average molecular weight is 306 g/mol. The van der Waals surface area contributed by atoms with Gasteiger partial charge in [-0.1, -0.05) is 0 Å². The first kappa shape index (κ1) is 16.5. The summed E-state index contributed by atoms with van der Waals surface area (Å²) in [5.41, 5.74) is -0.510. The molecule has 0 aliphatic carbocycles. The molecular formula is C11H15FN2O5S. The van der Waals surface area contributed by atoms with E-state index in [9.17, 15) is 22.9 Å². The minimum absolute atomic E-state index is 0.0315. The summed E-state index contributed by atoms with van der Waals surface area (Å²) in [5, 5.41) is 19.0. The van der Waals surface area contributed by atoms with E-state index in [4.69, 9.17) is 5.11 Å². The number of non-ortho nitro benzene ring substituents is 1. The second-order valence-electron chi connectivity index (χ2n) is 4.05.